The van der Waals surface area contributed by atoms with E-state index in [0.717, 1.165) is 0 Å². The highest BCUT2D eigenvalue weighted by atomic mass is 16.5. The molecule has 0 spiro atoms. The van der Waals surface area contributed by atoms with Crippen molar-refractivity contribution in [3.05, 3.63) is 59.6 Å². The van der Waals surface area contributed by atoms with E-state index in [1.165, 1.54) is 18.3 Å². The lowest BCUT2D eigenvalue weighted by molar-refractivity contribution is -0.140. The number of ketones is 1. The highest BCUT2D eigenvalue weighted by molar-refractivity contribution is 6.46. The van der Waals surface area contributed by atoms with E-state index in [4.69, 9.17) is 13.9 Å². The van der Waals surface area contributed by atoms with Gasteiger partial charge in [-0.2, -0.15) is 0 Å². The van der Waals surface area contributed by atoms with E-state index in [0.29, 0.717) is 23.7 Å². The Morgan fingerprint density at radius 3 is 2.74 bits per heavy atom. The van der Waals surface area contributed by atoms with E-state index in [-0.39, 0.29) is 24.5 Å². The fraction of sp³-hybridized carbons (Fsp3) is 0.300. The predicted octanol–water partition coefficient (Wildman–Crippen LogP) is 2.75. The van der Waals surface area contributed by atoms with Gasteiger partial charge >= 0.3 is 0 Å². The van der Waals surface area contributed by atoms with Crippen molar-refractivity contribution < 1.29 is 28.6 Å². The van der Waals surface area contributed by atoms with Gasteiger partial charge in [-0.05, 0) is 31.2 Å². The zero-order valence-electron chi connectivity index (χ0n) is 15.2. The van der Waals surface area contributed by atoms with Crippen LogP contribution in [0.15, 0.2) is 52.7 Å². The van der Waals surface area contributed by atoms with Crippen LogP contribution in [-0.4, -0.2) is 48.6 Å². The Morgan fingerprint density at radius 2 is 2.07 bits per heavy atom. The number of benzene rings is 1. The molecule has 3 rings (SSSR count). The first-order valence-corrected chi connectivity index (χ1v) is 8.62. The predicted molar refractivity (Wildman–Crippen MR) is 97.2 cm³/mol. The lowest BCUT2D eigenvalue weighted by Crippen LogP contribution is -2.32. The maximum Gasteiger partial charge on any atom is 0.295 e. The number of Topliss-reactive ketones (excluding diaryl/α,β-unsaturated/α-hetero) is 1. The van der Waals surface area contributed by atoms with Crippen molar-refractivity contribution in [3.63, 3.8) is 0 Å². The van der Waals surface area contributed by atoms with Crippen LogP contribution in [0.1, 0.15) is 24.3 Å². The molecule has 1 amide bonds. The second-order valence-corrected chi connectivity index (χ2v) is 5.96. The van der Waals surface area contributed by atoms with Gasteiger partial charge in [0, 0.05) is 19.2 Å². The highest BCUT2D eigenvalue weighted by Gasteiger charge is 2.47. The van der Waals surface area contributed by atoms with Crippen LogP contribution in [0.25, 0.3) is 5.76 Å². The Labute approximate surface area is 156 Å². The zero-order valence-corrected chi connectivity index (χ0v) is 15.2. The van der Waals surface area contributed by atoms with Gasteiger partial charge in [-0.25, -0.2) is 0 Å². The number of carbonyl (C=O) groups excluding carboxylic acids is 2. The fourth-order valence-electron chi connectivity index (χ4n) is 3.10. The van der Waals surface area contributed by atoms with E-state index < -0.39 is 17.7 Å². The van der Waals surface area contributed by atoms with Crippen LogP contribution in [-0.2, 0) is 14.3 Å². The molecule has 2 heterocycles. The number of ether oxygens (including phenoxy) is 2. The summed E-state index contributed by atoms with van der Waals surface area (Å²) in [6, 6.07) is 9.26. The fourth-order valence-corrected chi connectivity index (χ4v) is 3.10. The number of carbonyl (C=O) groups is 2. The van der Waals surface area contributed by atoms with E-state index in [9.17, 15) is 14.7 Å². The third-order valence-electron chi connectivity index (χ3n) is 4.31. The number of rotatable bonds is 7. The third-order valence-corrected chi connectivity index (χ3v) is 4.31. The Morgan fingerprint density at radius 1 is 1.26 bits per heavy atom. The van der Waals surface area contributed by atoms with Crippen LogP contribution < -0.4 is 4.74 Å². The summed E-state index contributed by atoms with van der Waals surface area (Å²) in [6.45, 7) is 2.77. The van der Waals surface area contributed by atoms with Gasteiger partial charge in [0.15, 0.2) is 0 Å². The number of aliphatic hydroxyl groups is 1. The molecule has 1 fully saturated rings. The molecule has 0 aliphatic carbocycles. The number of hydrogen-bond acceptors (Lipinski definition) is 6. The summed E-state index contributed by atoms with van der Waals surface area (Å²) in [4.78, 5) is 26.6. The first-order valence-electron chi connectivity index (χ1n) is 8.62. The van der Waals surface area contributed by atoms with Crippen LogP contribution in [0.4, 0.5) is 0 Å². The molecule has 7 nitrogen and oxygen atoms in total. The van der Waals surface area contributed by atoms with Crippen LogP contribution in [0.5, 0.6) is 5.75 Å². The Balaban J connectivity index is 2.10. The maximum absolute atomic E-state index is 12.7. The summed E-state index contributed by atoms with van der Waals surface area (Å²) in [5, 5.41) is 10.9. The number of methoxy groups -OCH3 is 1. The van der Waals surface area contributed by atoms with Crippen LogP contribution in [0.2, 0.25) is 0 Å². The molecule has 7 heteroatoms. The molecule has 1 aliphatic heterocycles. The second kappa shape index (κ2) is 8.09. The van der Waals surface area contributed by atoms with E-state index in [2.05, 4.69) is 0 Å². The van der Waals surface area contributed by atoms with Crippen molar-refractivity contribution in [2.45, 2.75) is 13.0 Å². The van der Waals surface area contributed by atoms with Crippen molar-refractivity contribution in [2.75, 3.05) is 26.9 Å². The SMILES string of the molecule is CCOc1cccc(C(O)=C2C(=O)C(=O)N(CCOC)C2c2ccco2)c1. The Bertz CT molecular complexity index is 855. The van der Waals surface area contributed by atoms with E-state index in [1.54, 1.807) is 36.4 Å². The molecule has 2 aromatic rings. The average Bonchev–Trinajstić information content (AvgIpc) is 3.28. The molecular weight excluding hydrogens is 350 g/mol. The lowest BCUT2D eigenvalue weighted by Gasteiger charge is -2.22. The number of likely N-dealkylation sites (tertiary alicyclic amines) is 1. The zero-order chi connectivity index (χ0) is 19.4. The van der Waals surface area contributed by atoms with Crippen molar-refractivity contribution in [3.8, 4) is 5.75 Å². The lowest BCUT2D eigenvalue weighted by atomic mass is 9.99. The molecule has 0 bridgehead atoms. The number of aliphatic hydroxyl groups excluding tert-OH is 1. The van der Waals surface area contributed by atoms with Gasteiger partial charge in [0.05, 0.1) is 25.1 Å². The molecule has 0 radical (unpaired) electrons. The molecule has 1 aromatic heterocycles. The van der Waals surface area contributed by atoms with Gasteiger partial charge in [-0.3, -0.25) is 9.59 Å². The molecule has 27 heavy (non-hydrogen) atoms. The molecule has 1 aromatic carbocycles. The molecule has 1 atom stereocenters. The first-order chi connectivity index (χ1) is 13.1. The van der Waals surface area contributed by atoms with Crippen LogP contribution in [0.3, 0.4) is 0 Å². The van der Waals surface area contributed by atoms with Crippen molar-refractivity contribution in [1.29, 1.82) is 0 Å². The number of furan rings is 1. The monoisotopic (exact) mass is 371 g/mol. The summed E-state index contributed by atoms with van der Waals surface area (Å²) in [5.74, 6) is -0.767. The summed E-state index contributed by atoms with van der Waals surface area (Å²) in [5.41, 5.74) is 0.377. The number of nitrogens with zero attached hydrogens (tertiary/aromatic N) is 1. The van der Waals surface area contributed by atoms with Gasteiger partial charge in [0.1, 0.15) is 23.3 Å². The van der Waals surface area contributed by atoms with Gasteiger partial charge in [-0.15, -0.1) is 0 Å². The second-order valence-electron chi connectivity index (χ2n) is 5.96. The van der Waals surface area contributed by atoms with E-state index in [1.807, 2.05) is 6.92 Å². The van der Waals surface area contributed by atoms with Gasteiger partial charge in [0.25, 0.3) is 11.7 Å². The summed E-state index contributed by atoms with van der Waals surface area (Å²) in [6.07, 6.45) is 1.46. The van der Waals surface area contributed by atoms with Crippen LogP contribution in [0, 0.1) is 0 Å². The van der Waals surface area contributed by atoms with Crippen molar-refractivity contribution in [2.24, 2.45) is 0 Å². The minimum atomic E-state index is -0.814. The number of amides is 1. The van der Waals surface area contributed by atoms with Gasteiger partial charge in [0.2, 0.25) is 0 Å². The summed E-state index contributed by atoms with van der Waals surface area (Å²) >= 11 is 0. The number of hydrogen-bond donors (Lipinski definition) is 1. The van der Waals surface area contributed by atoms with Crippen molar-refractivity contribution >= 4 is 17.4 Å². The van der Waals surface area contributed by atoms with Crippen LogP contribution >= 0.6 is 0 Å². The van der Waals surface area contributed by atoms with Gasteiger partial charge < -0.3 is 23.9 Å². The first kappa shape index (κ1) is 18.7. The molecule has 1 aliphatic rings. The average molecular weight is 371 g/mol. The minimum Gasteiger partial charge on any atom is -0.507 e. The largest absolute Gasteiger partial charge is 0.507 e. The summed E-state index contributed by atoms with van der Waals surface area (Å²) in [7, 11) is 1.51. The molecular formula is C20H21NO6. The Hall–Kier alpha value is -3.06. The highest BCUT2D eigenvalue weighted by Crippen LogP contribution is 2.39. The molecule has 1 unspecified atom stereocenters. The normalized spacial score (nSPS) is 18.9. The standard InChI is InChI=1S/C20H21NO6/c1-3-26-14-7-4-6-13(12-14)18(22)16-17(15-8-5-10-27-15)21(9-11-25-2)20(24)19(16)23/h4-8,10,12,17,22H,3,9,11H2,1-2H3. The molecule has 1 N–H and O–H groups in total. The smallest absolute Gasteiger partial charge is 0.295 e. The topological polar surface area (TPSA) is 89.2 Å². The molecule has 142 valence electrons. The third kappa shape index (κ3) is 3.59. The van der Waals surface area contributed by atoms with Gasteiger partial charge in [-0.1, -0.05) is 12.1 Å². The van der Waals surface area contributed by atoms with E-state index >= 15 is 0 Å². The minimum absolute atomic E-state index is 0.0142. The quantitative estimate of drug-likeness (QED) is 0.457. The Kier molecular flexibility index (Phi) is 5.61. The maximum atomic E-state index is 12.7. The van der Waals surface area contributed by atoms with Crippen molar-refractivity contribution in [1.82, 2.24) is 4.90 Å². The molecule has 1 saturated heterocycles. The summed E-state index contributed by atoms with van der Waals surface area (Å²) < 4.78 is 15.9. The molecule has 0 saturated carbocycles.